The van der Waals surface area contributed by atoms with Crippen molar-refractivity contribution in [3.63, 3.8) is 0 Å². The fraction of sp³-hybridized carbons (Fsp3) is 0.382. The first-order valence-electron chi connectivity index (χ1n) is 14.7. The third kappa shape index (κ3) is 7.33. The van der Waals surface area contributed by atoms with Crippen molar-refractivity contribution in [1.82, 2.24) is 14.8 Å². The number of pyridine rings is 1. The zero-order valence-corrected chi connectivity index (χ0v) is 24.2. The number of ether oxygens (including phenoxy) is 1. The lowest BCUT2D eigenvalue weighted by atomic mass is 9.88. The molecular formula is C34H35FN4O4. The summed E-state index contributed by atoms with van der Waals surface area (Å²) in [5, 5.41) is 9.10. The fourth-order valence-electron chi connectivity index (χ4n) is 5.93. The van der Waals surface area contributed by atoms with Gasteiger partial charge in [0.1, 0.15) is 17.6 Å². The quantitative estimate of drug-likeness (QED) is 0.322. The maximum Gasteiger partial charge on any atom is 0.272 e. The molecule has 2 atom stereocenters. The Morgan fingerprint density at radius 3 is 2.40 bits per heavy atom. The van der Waals surface area contributed by atoms with Crippen LogP contribution in [0.25, 0.3) is 0 Å². The Bertz CT molecular complexity index is 1490. The summed E-state index contributed by atoms with van der Waals surface area (Å²) in [7, 11) is 1.58. The number of hydrogen-bond donors (Lipinski definition) is 0. The molecule has 43 heavy (non-hydrogen) atoms. The van der Waals surface area contributed by atoms with Gasteiger partial charge in [0.25, 0.3) is 5.91 Å². The van der Waals surface area contributed by atoms with Crippen molar-refractivity contribution in [2.45, 2.75) is 38.4 Å². The summed E-state index contributed by atoms with van der Waals surface area (Å²) in [6, 6.07) is 19.7. The topological polar surface area (TPSA) is 104 Å². The summed E-state index contributed by atoms with van der Waals surface area (Å²) in [6.45, 7) is 2.38. The predicted molar refractivity (Wildman–Crippen MR) is 159 cm³/mol. The highest BCUT2D eigenvalue weighted by atomic mass is 19.1. The number of amides is 1. The van der Waals surface area contributed by atoms with Crippen LogP contribution in [0.15, 0.2) is 66.9 Å². The van der Waals surface area contributed by atoms with E-state index in [1.807, 2.05) is 23.1 Å². The molecule has 0 spiro atoms. The van der Waals surface area contributed by atoms with E-state index in [1.165, 1.54) is 6.20 Å². The number of ketones is 2. The molecule has 0 saturated carbocycles. The summed E-state index contributed by atoms with van der Waals surface area (Å²) in [6.07, 6.45) is 2.06. The first-order valence-corrected chi connectivity index (χ1v) is 14.7. The van der Waals surface area contributed by atoms with Gasteiger partial charge in [0.05, 0.1) is 18.7 Å². The lowest BCUT2D eigenvalue weighted by molar-refractivity contribution is 0.0644. The molecule has 0 bridgehead atoms. The van der Waals surface area contributed by atoms with Crippen molar-refractivity contribution in [3.8, 4) is 11.8 Å². The Balaban J connectivity index is 1.09. The number of hydrogen-bond acceptors (Lipinski definition) is 7. The highest BCUT2D eigenvalue weighted by Gasteiger charge is 2.32. The second kappa shape index (κ2) is 13.7. The lowest BCUT2D eigenvalue weighted by Crippen LogP contribution is -2.42. The third-order valence-electron chi connectivity index (χ3n) is 8.50. The number of Topliss-reactive ketones (excluding diaryl/α,β-unsaturated/α-hetero) is 2. The van der Waals surface area contributed by atoms with Crippen LogP contribution >= 0.6 is 0 Å². The number of carbonyl (C=O) groups excluding carboxylic acids is 3. The van der Waals surface area contributed by atoms with Crippen LogP contribution in [0.3, 0.4) is 0 Å². The minimum Gasteiger partial charge on any atom is -0.497 e. The zero-order chi connectivity index (χ0) is 30.3. The van der Waals surface area contributed by atoms with Crippen LogP contribution in [-0.4, -0.2) is 71.7 Å². The molecular weight excluding hydrogens is 547 g/mol. The van der Waals surface area contributed by atoms with Gasteiger partial charge >= 0.3 is 0 Å². The number of benzene rings is 2. The number of alkyl halides is 1. The largest absolute Gasteiger partial charge is 0.497 e. The van der Waals surface area contributed by atoms with Crippen LogP contribution in [0.5, 0.6) is 5.75 Å². The van der Waals surface area contributed by atoms with Gasteiger partial charge in [-0.05, 0) is 85.8 Å². The molecule has 2 aliphatic rings. The molecule has 8 nitrogen and oxygen atoms in total. The average molecular weight is 583 g/mol. The number of nitrogens with zero attached hydrogens (tertiary/aromatic N) is 4. The molecule has 0 radical (unpaired) electrons. The fourth-order valence-corrected chi connectivity index (χ4v) is 5.93. The molecule has 5 rings (SSSR count). The van der Waals surface area contributed by atoms with Crippen molar-refractivity contribution in [2.24, 2.45) is 11.8 Å². The van der Waals surface area contributed by atoms with Crippen LogP contribution in [0.4, 0.5) is 4.39 Å². The number of piperidine rings is 2. The minimum atomic E-state index is -1.13. The Labute approximate surface area is 251 Å². The van der Waals surface area contributed by atoms with E-state index in [4.69, 9.17) is 10.00 Å². The van der Waals surface area contributed by atoms with Crippen molar-refractivity contribution >= 4 is 17.5 Å². The Morgan fingerprint density at radius 1 is 1.00 bits per heavy atom. The molecule has 2 saturated heterocycles. The van der Waals surface area contributed by atoms with Crippen molar-refractivity contribution in [2.75, 3.05) is 33.3 Å². The van der Waals surface area contributed by atoms with E-state index in [9.17, 15) is 14.4 Å². The minimum absolute atomic E-state index is 0.0716. The zero-order valence-electron chi connectivity index (χ0n) is 24.2. The van der Waals surface area contributed by atoms with Crippen molar-refractivity contribution in [3.05, 3.63) is 94.8 Å². The average Bonchev–Trinajstić information content (AvgIpc) is 3.05. The number of likely N-dealkylation sites (tertiary alicyclic amines) is 2. The highest BCUT2D eigenvalue weighted by molar-refractivity contribution is 5.99. The summed E-state index contributed by atoms with van der Waals surface area (Å²) < 4.78 is 20.2. The van der Waals surface area contributed by atoms with Crippen molar-refractivity contribution in [1.29, 1.82) is 5.26 Å². The molecule has 1 amide bonds. The van der Waals surface area contributed by atoms with E-state index in [-0.39, 0.29) is 48.0 Å². The number of halogens is 1. The molecule has 2 aliphatic heterocycles. The first-order chi connectivity index (χ1) is 20.8. The van der Waals surface area contributed by atoms with Gasteiger partial charge in [-0.2, -0.15) is 5.26 Å². The van der Waals surface area contributed by atoms with Gasteiger partial charge in [-0.1, -0.05) is 12.1 Å². The van der Waals surface area contributed by atoms with Gasteiger partial charge in [0, 0.05) is 55.8 Å². The van der Waals surface area contributed by atoms with Gasteiger partial charge in [-0.25, -0.2) is 4.39 Å². The molecule has 0 aliphatic carbocycles. The number of carbonyl (C=O) groups is 3. The molecule has 0 N–H and O–H groups in total. The van der Waals surface area contributed by atoms with Gasteiger partial charge in [0.15, 0.2) is 11.6 Å². The number of nitriles is 1. The van der Waals surface area contributed by atoms with Crippen molar-refractivity contribution < 1.29 is 23.5 Å². The van der Waals surface area contributed by atoms with E-state index in [2.05, 4.69) is 11.1 Å². The summed E-state index contributed by atoms with van der Waals surface area (Å²) in [5.41, 5.74) is 2.79. The monoisotopic (exact) mass is 582 g/mol. The Morgan fingerprint density at radius 2 is 1.74 bits per heavy atom. The van der Waals surface area contributed by atoms with Gasteiger partial charge < -0.3 is 9.64 Å². The second-order valence-electron chi connectivity index (χ2n) is 11.3. The van der Waals surface area contributed by atoms with E-state index < -0.39 is 6.17 Å². The van der Waals surface area contributed by atoms with E-state index in [0.717, 1.165) is 5.56 Å². The highest BCUT2D eigenvalue weighted by Crippen LogP contribution is 2.27. The van der Waals surface area contributed by atoms with Crippen LogP contribution in [0.2, 0.25) is 0 Å². The van der Waals surface area contributed by atoms with Crippen LogP contribution in [0, 0.1) is 23.2 Å². The summed E-state index contributed by atoms with van der Waals surface area (Å²) in [5.74, 6) is -0.176. The predicted octanol–water partition coefficient (Wildman–Crippen LogP) is 5.13. The molecule has 9 heteroatoms. The molecule has 3 aromatic rings. The summed E-state index contributed by atoms with van der Waals surface area (Å²) in [4.78, 5) is 46.9. The maximum atomic E-state index is 15.1. The van der Waals surface area contributed by atoms with Gasteiger partial charge in [-0.15, -0.1) is 0 Å². The Kier molecular flexibility index (Phi) is 9.58. The summed E-state index contributed by atoms with van der Waals surface area (Å²) >= 11 is 0. The lowest BCUT2D eigenvalue weighted by Gasteiger charge is -2.34. The second-order valence-corrected chi connectivity index (χ2v) is 11.3. The Hall–Kier alpha value is -4.42. The number of aromatic nitrogens is 1. The molecule has 1 aromatic heterocycles. The smallest absolute Gasteiger partial charge is 0.272 e. The number of methoxy groups -OCH3 is 1. The number of rotatable bonds is 9. The standard InChI is InChI=1S/C34H35FN4O4/c1-43-29-8-5-25(6-9-29)33(41)26-12-15-39(16-13-26)34(42)31-10-7-28(20-37-31)32(40)18-27-11-14-38(22-30(27)35)21-24-4-2-3-23(17-24)19-36/h2-10,17,20,26-27,30H,11-16,18,21-22H2,1H3/t27?,30-/m1/s1. The van der Waals surface area contributed by atoms with Crippen LogP contribution < -0.4 is 4.74 Å². The first kappa shape index (κ1) is 30.1. The molecule has 2 fully saturated rings. The third-order valence-corrected chi connectivity index (χ3v) is 8.50. The molecule has 1 unspecified atom stereocenters. The normalized spacial score (nSPS) is 19.4. The van der Waals surface area contributed by atoms with E-state index in [1.54, 1.807) is 54.5 Å². The molecule has 3 heterocycles. The van der Waals surface area contributed by atoms with Gasteiger partial charge in [0.2, 0.25) is 0 Å². The SMILES string of the molecule is COc1ccc(C(=O)C2CCN(C(=O)c3ccc(C(=O)CC4CCN(Cc5cccc(C#N)c5)C[C@H]4F)cn3)CC2)cc1. The van der Waals surface area contributed by atoms with Gasteiger partial charge in [-0.3, -0.25) is 24.3 Å². The molecule has 2 aromatic carbocycles. The van der Waals surface area contributed by atoms with E-state index in [0.29, 0.717) is 67.9 Å². The van der Waals surface area contributed by atoms with E-state index >= 15 is 4.39 Å². The maximum absolute atomic E-state index is 15.1. The molecule has 222 valence electrons. The van der Waals surface area contributed by atoms with Crippen LogP contribution in [-0.2, 0) is 6.54 Å². The van der Waals surface area contributed by atoms with Crippen LogP contribution in [0.1, 0.15) is 68.0 Å².